The van der Waals surface area contributed by atoms with Gasteiger partial charge in [0.25, 0.3) is 0 Å². The zero-order valence-corrected chi connectivity index (χ0v) is 12.7. The van der Waals surface area contributed by atoms with Gasteiger partial charge < -0.3 is 10.4 Å². The quantitative estimate of drug-likeness (QED) is 0.812. The smallest absolute Gasteiger partial charge is 0.337 e. The molecule has 0 spiro atoms. The highest BCUT2D eigenvalue weighted by Crippen LogP contribution is 2.35. The lowest BCUT2D eigenvalue weighted by molar-refractivity contribution is 0.0698. The molecule has 0 saturated carbocycles. The van der Waals surface area contributed by atoms with Crippen LogP contribution in [-0.4, -0.2) is 11.1 Å². The minimum absolute atomic E-state index is 0.122. The van der Waals surface area contributed by atoms with Gasteiger partial charge in [0.1, 0.15) is 5.82 Å². The van der Waals surface area contributed by atoms with Crippen molar-refractivity contribution in [2.24, 2.45) is 0 Å². The van der Waals surface area contributed by atoms with Crippen molar-refractivity contribution < 1.29 is 14.3 Å². The number of halogens is 3. The Balaban J connectivity index is 2.48. The first-order valence-electron chi connectivity index (χ1n) is 5.64. The summed E-state index contributed by atoms with van der Waals surface area (Å²) in [4.78, 5) is 11.2. The summed E-state index contributed by atoms with van der Waals surface area (Å²) in [5.41, 5.74) is 1.76. The van der Waals surface area contributed by atoms with Crippen LogP contribution in [0.25, 0.3) is 0 Å². The van der Waals surface area contributed by atoms with Crippen molar-refractivity contribution in [2.45, 2.75) is 6.92 Å². The van der Waals surface area contributed by atoms with Crippen molar-refractivity contribution in [1.29, 1.82) is 0 Å². The number of carbonyl (C=O) groups is 1. The highest BCUT2D eigenvalue weighted by Gasteiger charge is 2.14. The Morgan fingerprint density at radius 1 is 1.35 bits per heavy atom. The Morgan fingerprint density at radius 3 is 2.65 bits per heavy atom. The molecule has 0 saturated heterocycles. The van der Waals surface area contributed by atoms with Crippen LogP contribution in [0, 0.1) is 12.7 Å². The van der Waals surface area contributed by atoms with E-state index in [-0.39, 0.29) is 10.6 Å². The third-order valence-corrected chi connectivity index (χ3v) is 3.60. The zero-order chi connectivity index (χ0) is 14.9. The molecular formula is C14H10BrClFNO2. The second-order valence-electron chi connectivity index (χ2n) is 4.22. The molecular weight excluding hydrogens is 349 g/mol. The molecule has 0 unspecified atom stereocenters. The lowest BCUT2D eigenvalue weighted by Gasteiger charge is -2.13. The predicted molar refractivity (Wildman–Crippen MR) is 80.5 cm³/mol. The van der Waals surface area contributed by atoms with Crippen LogP contribution in [0.3, 0.4) is 0 Å². The molecule has 0 aliphatic heterocycles. The van der Waals surface area contributed by atoms with Crippen molar-refractivity contribution in [2.75, 3.05) is 5.32 Å². The lowest BCUT2D eigenvalue weighted by Crippen LogP contribution is -2.04. The molecule has 0 radical (unpaired) electrons. The van der Waals surface area contributed by atoms with E-state index >= 15 is 0 Å². The number of nitrogens with one attached hydrogen (secondary N) is 1. The first-order chi connectivity index (χ1) is 9.38. The van der Waals surface area contributed by atoms with Gasteiger partial charge in [-0.25, -0.2) is 9.18 Å². The Hall–Kier alpha value is -1.59. The van der Waals surface area contributed by atoms with Crippen molar-refractivity contribution >= 4 is 44.9 Å². The van der Waals surface area contributed by atoms with Crippen LogP contribution < -0.4 is 5.32 Å². The van der Waals surface area contributed by atoms with Crippen LogP contribution in [-0.2, 0) is 0 Å². The van der Waals surface area contributed by atoms with Gasteiger partial charge in [-0.2, -0.15) is 0 Å². The maximum atomic E-state index is 13.2. The van der Waals surface area contributed by atoms with E-state index in [9.17, 15) is 14.3 Å². The van der Waals surface area contributed by atoms with E-state index in [1.165, 1.54) is 6.07 Å². The summed E-state index contributed by atoms with van der Waals surface area (Å²) in [7, 11) is 0. The zero-order valence-electron chi connectivity index (χ0n) is 10.4. The molecule has 2 N–H and O–H groups in total. The Labute approximate surface area is 128 Å². The standard InChI is InChI=1S/C14H10BrClFNO2/c1-7-2-3-12(9(4-7)14(19)20)18-13-10(15)5-8(17)6-11(13)16/h2-6,18H,1H3,(H,19,20). The maximum absolute atomic E-state index is 13.2. The number of carboxylic acids is 1. The van der Waals surface area contributed by atoms with Crippen molar-refractivity contribution in [3.05, 3.63) is 56.8 Å². The molecule has 6 heteroatoms. The first kappa shape index (κ1) is 14.8. The summed E-state index contributed by atoms with van der Waals surface area (Å²) in [6.45, 7) is 1.80. The molecule has 0 amide bonds. The van der Waals surface area contributed by atoms with Gasteiger partial charge in [0.2, 0.25) is 0 Å². The molecule has 0 aliphatic carbocycles. The summed E-state index contributed by atoms with van der Waals surface area (Å²) in [5, 5.41) is 12.3. The van der Waals surface area contributed by atoms with Gasteiger partial charge in [0.05, 0.1) is 22.0 Å². The molecule has 2 aromatic carbocycles. The monoisotopic (exact) mass is 357 g/mol. The fourth-order valence-corrected chi connectivity index (χ4v) is 2.64. The average molecular weight is 359 g/mol. The van der Waals surface area contributed by atoms with Gasteiger partial charge >= 0.3 is 5.97 Å². The van der Waals surface area contributed by atoms with Crippen LogP contribution in [0.1, 0.15) is 15.9 Å². The summed E-state index contributed by atoms with van der Waals surface area (Å²) < 4.78 is 13.6. The largest absolute Gasteiger partial charge is 0.478 e. The topological polar surface area (TPSA) is 49.3 Å². The van der Waals surface area contributed by atoms with Gasteiger partial charge in [-0.05, 0) is 47.1 Å². The molecule has 2 aromatic rings. The number of carboxylic acid groups (broad SMARTS) is 1. The first-order valence-corrected chi connectivity index (χ1v) is 6.81. The number of hydrogen-bond donors (Lipinski definition) is 2. The number of aryl methyl sites for hydroxylation is 1. The van der Waals surface area contributed by atoms with Crippen molar-refractivity contribution in [1.82, 2.24) is 0 Å². The molecule has 0 bridgehead atoms. The molecule has 0 aromatic heterocycles. The molecule has 0 atom stereocenters. The fraction of sp³-hybridized carbons (Fsp3) is 0.0714. The molecule has 2 rings (SSSR count). The van der Waals surface area contributed by atoms with E-state index in [4.69, 9.17) is 11.6 Å². The molecule has 0 aliphatic rings. The van der Waals surface area contributed by atoms with E-state index in [0.717, 1.165) is 11.6 Å². The number of benzene rings is 2. The second kappa shape index (κ2) is 5.81. The summed E-state index contributed by atoms with van der Waals surface area (Å²) in [6.07, 6.45) is 0. The fourth-order valence-electron chi connectivity index (χ4n) is 1.74. The van der Waals surface area contributed by atoms with Gasteiger partial charge in [0.15, 0.2) is 0 Å². The average Bonchev–Trinajstić information content (AvgIpc) is 2.34. The number of rotatable bonds is 3. The SMILES string of the molecule is Cc1ccc(Nc2c(Cl)cc(F)cc2Br)c(C(=O)O)c1. The Morgan fingerprint density at radius 2 is 2.05 bits per heavy atom. The van der Waals surface area contributed by atoms with E-state index in [1.54, 1.807) is 25.1 Å². The highest BCUT2D eigenvalue weighted by atomic mass is 79.9. The molecule has 104 valence electrons. The highest BCUT2D eigenvalue weighted by molar-refractivity contribution is 9.10. The minimum Gasteiger partial charge on any atom is -0.478 e. The van der Waals surface area contributed by atoms with E-state index in [1.807, 2.05) is 0 Å². The van der Waals surface area contributed by atoms with E-state index in [0.29, 0.717) is 15.8 Å². The molecule has 20 heavy (non-hydrogen) atoms. The van der Waals surface area contributed by atoms with Crippen molar-refractivity contribution in [3.63, 3.8) is 0 Å². The van der Waals surface area contributed by atoms with Gasteiger partial charge in [-0.3, -0.25) is 0 Å². The predicted octanol–water partition coefficient (Wildman–Crippen LogP) is 4.99. The lowest BCUT2D eigenvalue weighted by atomic mass is 10.1. The third kappa shape index (κ3) is 3.11. The Kier molecular flexibility index (Phi) is 4.30. The van der Waals surface area contributed by atoms with Gasteiger partial charge in [-0.1, -0.05) is 23.2 Å². The van der Waals surface area contributed by atoms with Gasteiger partial charge in [-0.15, -0.1) is 0 Å². The summed E-state index contributed by atoms with van der Waals surface area (Å²) in [5.74, 6) is -1.53. The van der Waals surface area contributed by atoms with Crippen LogP contribution in [0.15, 0.2) is 34.8 Å². The maximum Gasteiger partial charge on any atom is 0.337 e. The van der Waals surface area contributed by atoms with Crippen LogP contribution in [0.2, 0.25) is 5.02 Å². The van der Waals surface area contributed by atoms with E-state index < -0.39 is 11.8 Å². The second-order valence-corrected chi connectivity index (χ2v) is 5.49. The number of anilines is 2. The molecule has 0 fully saturated rings. The minimum atomic E-state index is -1.05. The summed E-state index contributed by atoms with van der Waals surface area (Å²) >= 11 is 9.17. The van der Waals surface area contributed by atoms with Gasteiger partial charge in [0, 0.05) is 4.47 Å². The Bertz CT molecular complexity index is 668. The van der Waals surface area contributed by atoms with E-state index in [2.05, 4.69) is 21.2 Å². The summed E-state index contributed by atoms with van der Waals surface area (Å²) in [6, 6.07) is 7.38. The van der Waals surface area contributed by atoms with Crippen LogP contribution in [0.4, 0.5) is 15.8 Å². The van der Waals surface area contributed by atoms with Crippen molar-refractivity contribution in [3.8, 4) is 0 Å². The molecule has 0 heterocycles. The van der Waals surface area contributed by atoms with Crippen LogP contribution >= 0.6 is 27.5 Å². The molecule has 3 nitrogen and oxygen atoms in total. The number of aromatic carboxylic acids is 1. The van der Waals surface area contributed by atoms with Crippen LogP contribution in [0.5, 0.6) is 0 Å². The normalized spacial score (nSPS) is 10.4. The third-order valence-electron chi connectivity index (χ3n) is 2.67. The number of hydrogen-bond acceptors (Lipinski definition) is 2.